The Morgan fingerprint density at radius 2 is 1.32 bits per heavy atom. The molecule has 0 saturated carbocycles. The van der Waals surface area contributed by atoms with Gasteiger partial charge in [0.1, 0.15) is 0 Å². The fraction of sp³-hybridized carbons (Fsp3) is 1.00. The van der Waals surface area contributed by atoms with Crippen LogP contribution in [-0.2, 0) is 18.9 Å². The van der Waals surface area contributed by atoms with E-state index in [-0.39, 0.29) is 18.6 Å². The van der Waals surface area contributed by atoms with E-state index in [0.717, 1.165) is 19.3 Å². The van der Waals surface area contributed by atoms with E-state index in [2.05, 4.69) is 20.8 Å². The first-order valence-electron chi connectivity index (χ1n) is 8.27. The topological polar surface area (TPSA) is 77.4 Å². The molecule has 0 aliphatic rings. The minimum Gasteiger partial charge on any atom is -0.394 e. The van der Waals surface area contributed by atoms with E-state index < -0.39 is 6.29 Å². The van der Waals surface area contributed by atoms with Crippen molar-refractivity contribution < 1.29 is 29.2 Å². The molecule has 0 aromatic carbocycles. The molecule has 0 radical (unpaired) electrons. The lowest BCUT2D eigenvalue weighted by molar-refractivity contribution is -0.160. The maximum absolute atomic E-state index is 9.77. The third-order valence-corrected chi connectivity index (χ3v) is 4.07. The summed E-state index contributed by atoms with van der Waals surface area (Å²) in [6.45, 7) is 9.29. The number of aliphatic hydroxyl groups excluding tert-OH is 2. The van der Waals surface area contributed by atoms with Crippen molar-refractivity contribution in [2.75, 3.05) is 52.9 Å². The molecule has 0 aromatic rings. The first kappa shape index (κ1) is 21.8. The second-order valence-corrected chi connectivity index (χ2v) is 5.35. The Kier molecular flexibility index (Phi) is 14.2. The summed E-state index contributed by atoms with van der Waals surface area (Å²) in [4.78, 5) is 0. The summed E-state index contributed by atoms with van der Waals surface area (Å²) in [7, 11) is 0. The molecule has 1 atom stereocenters. The molecular formula is C16H34O6. The molecule has 0 aliphatic heterocycles. The van der Waals surface area contributed by atoms with Gasteiger partial charge in [0.2, 0.25) is 0 Å². The van der Waals surface area contributed by atoms with Crippen LogP contribution in [-0.4, -0.2) is 69.4 Å². The van der Waals surface area contributed by atoms with Crippen molar-refractivity contribution in [2.45, 2.75) is 46.3 Å². The lowest BCUT2D eigenvalue weighted by Gasteiger charge is -2.31. The maximum atomic E-state index is 9.77. The van der Waals surface area contributed by atoms with E-state index >= 15 is 0 Å². The molecule has 0 spiro atoms. The SMILES string of the molecule is CCC(CC)(CC)COC(O)COCCOCCOCCO. The Balaban J connectivity index is 3.52. The predicted molar refractivity (Wildman–Crippen MR) is 84.8 cm³/mol. The Bertz CT molecular complexity index is 224. The van der Waals surface area contributed by atoms with Crippen LogP contribution in [0.5, 0.6) is 0 Å². The lowest BCUT2D eigenvalue weighted by atomic mass is 9.81. The van der Waals surface area contributed by atoms with Crippen LogP contribution in [0.25, 0.3) is 0 Å². The van der Waals surface area contributed by atoms with Gasteiger partial charge in [0, 0.05) is 0 Å². The van der Waals surface area contributed by atoms with Gasteiger partial charge < -0.3 is 29.2 Å². The Morgan fingerprint density at radius 1 is 0.818 bits per heavy atom. The number of hydrogen-bond donors (Lipinski definition) is 2. The standard InChI is InChI=1S/C16H34O6/c1-4-16(5-2,6-3)14-22-15(18)13-21-12-11-20-10-9-19-8-7-17/h15,17-18H,4-14H2,1-3H3. The molecule has 0 saturated heterocycles. The minimum absolute atomic E-state index is 0.0242. The molecule has 0 aromatic heterocycles. The van der Waals surface area contributed by atoms with Crippen LogP contribution in [0.2, 0.25) is 0 Å². The van der Waals surface area contributed by atoms with Crippen LogP contribution in [0, 0.1) is 5.41 Å². The van der Waals surface area contributed by atoms with Crippen LogP contribution < -0.4 is 0 Å². The molecule has 134 valence electrons. The summed E-state index contributed by atoms with van der Waals surface area (Å²) in [5.41, 5.74) is 0.151. The molecular weight excluding hydrogens is 288 g/mol. The van der Waals surface area contributed by atoms with Gasteiger partial charge in [-0.15, -0.1) is 0 Å². The van der Waals surface area contributed by atoms with Gasteiger partial charge in [-0.3, -0.25) is 0 Å². The molecule has 0 bridgehead atoms. The first-order valence-corrected chi connectivity index (χ1v) is 8.27. The number of hydrogen-bond acceptors (Lipinski definition) is 6. The van der Waals surface area contributed by atoms with Crippen LogP contribution in [0.1, 0.15) is 40.0 Å². The van der Waals surface area contributed by atoms with Crippen molar-refractivity contribution in [1.82, 2.24) is 0 Å². The Morgan fingerprint density at radius 3 is 1.82 bits per heavy atom. The van der Waals surface area contributed by atoms with Crippen LogP contribution in [0.4, 0.5) is 0 Å². The van der Waals surface area contributed by atoms with E-state index in [1.807, 2.05) is 0 Å². The highest BCUT2D eigenvalue weighted by molar-refractivity contribution is 4.74. The zero-order valence-electron chi connectivity index (χ0n) is 14.4. The van der Waals surface area contributed by atoms with Gasteiger partial charge in [0.25, 0.3) is 0 Å². The van der Waals surface area contributed by atoms with Crippen molar-refractivity contribution in [2.24, 2.45) is 5.41 Å². The summed E-state index contributed by atoms with van der Waals surface area (Å²) in [5.74, 6) is 0. The average molecular weight is 322 g/mol. The molecule has 0 heterocycles. The quantitative estimate of drug-likeness (QED) is 0.332. The zero-order chi connectivity index (χ0) is 16.7. The molecule has 1 unspecified atom stereocenters. The normalized spacial score (nSPS) is 13.5. The summed E-state index contributed by atoms with van der Waals surface area (Å²) >= 11 is 0. The number of ether oxygens (including phenoxy) is 4. The third-order valence-electron chi connectivity index (χ3n) is 4.07. The van der Waals surface area contributed by atoms with Crippen LogP contribution >= 0.6 is 0 Å². The van der Waals surface area contributed by atoms with Gasteiger partial charge in [-0.2, -0.15) is 0 Å². The monoisotopic (exact) mass is 322 g/mol. The molecule has 0 amide bonds. The van der Waals surface area contributed by atoms with Crippen molar-refractivity contribution in [3.8, 4) is 0 Å². The van der Waals surface area contributed by atoms with Gasteiger partial charge in [0.05, 0.1) is 52.9 Å². The summed E-state index contributed by atoms with van der Waals surface area (Å²) < 4.78 is 21.1. The van der Waals surface area contributed by atoms with Crippen LogP contribution in [0.3, 0.4) is 0 Å². The molecule has 2 N–H and O–H groups in total. The van der Waals surface area contributed by atoms with E-state index in [4.69, 9.17) is 24.1 Å². The molecule has 0 aliphatic carbocycles. The fourth-order valence-electron chi connectivity index (χ4n) is 2.07. The van der Waals surface area contributed by atoms with E-state index in [1.54, 1.807) is 0 Å². The number of aliphatic hydroxyl groups is 2. The van der Waals surface area contributed by atoms with E-state index in [1.165, 1.54) is 0 Å². The molecule has 6 nitrogen and oxygen atoms in total. The summed E-state index contributed by atoms with van der Waals surface area (Å²) in [6, 6.07) is 0. The smallest absolute Gasteiger partial charge is 0.178 e. The maximum Gasteiger partial charge on any atom is 0.178 e. The predicted octanol–water partition coefficient (Wildman–Crippen LogP) is 1.58. The molecule has 6 heteroatoms. The van der Waals surface area contributed by atoms with Crippen molar-refractivity contribution in [1.29, 1.82) is 0 Å². The van der Waals surface area contributed by atoms with E-state index in [0.29, 0.717) is 39.6 Å². The van der Waals surface area contributed by atoms with Gasteiger partial charge in [0.15, 0.2) is 6.29 Å². The largest absolute Gasteiger partial charge is 0.394 e. The molecule has 0 fully saturated rings. The third kappa shape index (κ3) is 10.5. The van der Waals surface area contributed by atoms with Crippen LogP contribution in [0.15, 0.2) is 0 Å². The van der Waals surface area contributed by atoms with Crippen molar-refractivity contribution in [3.63, 3.8) is 0 Å². The fourth-order valence-corrected chi connectivity index (χ4v) is 2.07. The Labute approximate surface area is 134 Å². The second-order valence-electron chi connectivity index (χ2n) is 5.35. The highest BCUT2D eigenvalue weighted by Gasteiger charge is 2.25. The minimum atomic E-state index is -0.892. The second kappa shape index (κ2) is 14.4. The van der Waals surface area contributed by atoms with Crippen molar-refractivity contribution in [3.05, 3.63) is 0 Å². The summed E-state index contributed by atoms with van der Waals surface area (Å²) in [5, 5.41) is 18.3. The van der Waals surface area contributed by atoms with Gasteiger partial charge in [-0.05, 0) is 24.7 Å². The molecule has 0 rings (SSSR count). The molecule has 22 heavy (non-hydrogen) atoms. The van der Waals surface area contributed by atoms with Gasteiger partial charge in [-0.25, -0.2) is 0 Å². The average Bonchev–Trinajstić information content (AvgIpc) is 2.55. The first-order chi connectivity index (χ1) is 10.6. The summed E-state index contributed by atoms with van der Waals surface area (Å²) in [6.07, 6.45) is 2.23. The van der Waals surface area contributed by atoms with E-state index in [9.17, 15) is 5.11 Å². The van der Waals surface area contributed by atoms with Gasteiger partial charge in [-0.1, -0.05) is 20.8 Å². The lowest BCUT2D eigenvalue weighted by Crippen LogP contribution is -2.30. The highest BCUT2D eigenvalue weighted by Crippen LogP contribution is 2.30. The van der Waals surface area contributed by atoms with Gasteiger partial charge >= 0.3 is 0 Å². The number of rotatable bonds is 16. The Hall–Kier alpha value is -0.240. The van der Waals surface area contributed by atoms with Crippen molar-refractivity contribution >= 4 is 0 Å². The zero-order valence-corrected chi connectivity index (χ0v) is 14.4. The highest BCUT2D eigenvalue weighted by atomic mass is 16.6.